The Morgan fingerprint density at radius 2 is 1.20 bits per heavy atom. The van der Waals surface area contributed by atoms with Gasteiger partial charge in [0.05, 0.1) is 0 Å². The van der Waals surface area contributed by atoms with E-state index >= 15 is 0 Å². The molecule has 0 aliphatic rings. The molecule has 2 nitrogen and oxygen atoms in total. The summed E-state index contributed by atoms with van der Waals surface area (Å²) >= 11 is 0. The number of nitrogens with zero attached hydrogens (tertiary/aromatic N) is 2. The van der Waals surface area contributed by atoms with Crippen molar-refractivity contribution in [3.05, 3.63) is 122 Å². The van der Waals surface area contributed by atoms with Crippen LogP contribution in [0.2, 0.25) is 0 Å². The molecule has 0 unspecified atom stereocenters. The van der Waals surface area contributed by atoms with Gasteiger partial charge in [-0.3, -0.25) is 4.98 Å². The number of pyridine rings is 2. The maximum absolute atomic E-state index is 4.56. The van der Waals surface area contributed by atoms with Crippen LogP contribution in [-0.4, -0.2) is 9.97 Å². The number of rotatable bonds is 2. The number of aromatic nitrogens is 2. The summed E-state index contributed by atoms with van der Waals surface area (Å²) < 4.78 is 0. The predicted molar refractivity (Wildman–Crippen MR) is 141 cm³/mol. The van der Waals surface area contributed by atoms with E-state index in [0.717, 1.165) is 27.9 Å². The molecule has 0 N–H and O–H groups in total. The van der Waals surface area contributed by atoms with Crippen LogP contribution < -0.4 is 0 Å². The molecule has 0 fully saturated rings. The fourth-order valence-electron chi connectivity index (χ4n) is 4.78. The van der Waals surface area contributed by atoms with Gasteiger partial charge in [0.1, 0.15) is 0 Å². The largest absolute Gasteiger partial charge is 0.361 e. The van der Waals surface area contributed by atoms with Gasteiger partial charge in [0, 0.05) is 50.3 Å². The van der Waals surface area contributed by atoms with E-state index in [4.69, 9.17) is 0 Å². The van der Waals surface area contributed by atoms with Crippen LogP contribution in [0.5, 0.6) is 0 Å². The molecule has 3 heteroatoms. The summed E-state index contributed by atoms with van der Waals surface area (Å²) in [7, 11) is 0. The molecule has 0 aliphatic heterocycles. The molecule has 0 saturated carbocycles. The zero-order valence-corrected chi connectivity index (χ0v) is 21.7. The minimum atomic E-state index is 0. The van der Waals surface area contributed by atoms with E-state index in [2.05, 4.69) is 95.0 Å². The molecule has 161 valence electrons. The van der Waals surface area contributed by atoms with E-state index in [9.17, 15) is 0 Å². The van der Waals surface area contributed by atoms with Crippen LogP contribution in [0, 0.1) is 12.3 Å². The second-order valence-electron chi connectivity index (χ2n) is 8.61. The Balaban J connectivity index is 0.00000229. The minimum absolute atomic E-state index is 0. The molecule has 7 aromatic rings. The number of hydrogen-bond acceptors (Lipinski definition) is 2. The van der Waals surface area contributed by atoms with E-state index in [1.807, 2.05) is 30.3 Å². The third-order valence-corrected chi connectivity index (χ3v) is 6.49. The van der Waals surface area contributed by atoms with Crippen LogP contribution in [0.15, 0.2) is 109 Å². The fraction of sp³-hybridized carbons (Fsp3) is 0. The van der Waals surface area contributed by atoms with Crippen molar-refractivity contribution in [2.75, 3.05) is 0 Å². The molecule has 35 heavy (non-hydrogen) atoms. The van der Waals surface area contributed by atoms with E-state index in [1.165, 1.54) is 37.7 Å². The second kappa shape index (κ2) is 8.96. The monoisotopic (exact) mass is 519 g/mol. The second-order valence-corrected chi connectivity index (χ2v) is 8.61. The van der Waals surface area contributed by atoms with Gasteiger partial charge < -0.3 is 4.98 Å². The smallest absolute Gasteiger partial charge is 0.0465 e. The Hall–Kier alpha value is -3.46. The van der Waals surface area contributed by atoms with E-state index in [-0.39, 0.29) is 32.7 Å². The number of hydrogen-bond donors (Lipinski definition) is 0. The molecule has 0 saturated heterocycles. The summed E-state index contributed by atoms with van der Waals surface area (Å²) in [6.07, 6.45) is 5.00. The molecule has 0 bridgehead atoms. The molecular formula is C32H18N2Y-2. The van der Waals surface area contributed by atoms with Crippen molar-refractivity contribution in [1.29, 1.82) is 0 Å². The molecule has 2 heterocycles. The van der Waals surface area contributed by atoms with Crippen molar-refractivity contribution in [2.24, 2.45) is 0 Å². The maximum atomic E-state index is 4.56. The molecule has 7 rings (SSSR count). The molecule has 5 aromatic carbocycles. The van der Waals surface area contributed by atoms with Crippen molar-refractivity contribution in [2.45, 2.75) is 0 Å². The molecule has 0 amide bonds. The van der Waals surface area contributed by atoms with Gasteiger partial charge in [-0.25, -0.2) is 11.1 Å². The van der Waals surface area contributed by atoms with Crippen molar-refractivity contribution in [3.63, 3.8) is 0 Å². The van der Waals surface area contributed by atoms with E-state index in [1.54, 1.807) is 6.20 Å². The van der Waals surface area contributed by atoms with Gasteiger partial charge in [0.25, 0.3) is 0 Å². The summed E-state index contributed by atoms with van der Waals surface area (Å²) in [5.41, 5.74) is 3.60. The Kier molecular flexibility index (Phi) is 5.64. The summed E-state index contributed by atoms with van der Waals surface area (Å²) in [5, 5.41) is 9.83. The first-order chi connectivity index (χ1) is 16.8. The van der Waals surface area contributed by atoms with Crippen LogP contribution >= 0.6 is 0 Å². The molecular weight excluding hydrogens is 501 g/mol. The number of fused-ring (bicyclic) bond motifs is 4. The van der Waals surface area contributed by atoms with Crippen LogP contribution in [0.3, 0.4) is 0 Å². The Bertz CT molecular complexity index is 1840. The van der Waals surface area contributed by atoms with Crippen LogP contribution in [0.1, 0.15) is 0 Å². The Morgan fingerprint density at radius 3 is 1.86 bits per heavy atom. The van der Waals surface area contributed by atoms with E-state index in [0.29, 0.717) is 0 Å². The fourth-order valence-corrected chi connectivity index (χ4v) is 4.78. The molecule has 0 aliphatic carbocycles. The quantitative estimate of drug-likeness (QED) is 0.171. The SMILES string of the molecule is [Y].[c-]1nc(-c2ccccn2)ccc1-c1[c-]ccc2cc3cc4cc5ccccc5cc4cc3cc12. The van der Waals surface area contributed by atoms with Crippen molar-refractivity contribution < 1.29 is 32.7 Å². The molecule has 0 atom stereocenters. The van der Waals surface area contributed by atoms with Gasteiger partial charge in [0.15, 0.2) is 0 Å². The summed E-state index contributed by atoms with van der Waals surface area (Å²) in [6, 6.07) is 39.6. The molecule has 2 aromatic heterocycles. The van der Waals surface area contributed by atoms with Crippen molar-refractivity contribution >= 4 is 43.1 Å². The minimum Gasteiger partial charge on any atom is -0.361 e. The van der Waals surface area contributed by atoms with Gasteiger partial charge in [0.2, 0.25) is 0 Å². The Labute approximate surface area is 228 Å². The molecule has 1 radical (unpaired) electrons. The zero-order valence-electron chi connectivity index (χ0n) is 18.9. The first-order valence-electron chi connectivity index (χ1n) is 11.3. The first kappa shape index (κ1) is 22.0. The normalized spacial score (nSPS) is 11.2. The van der Waals surface area contributed by atoms with E-state index < -0.39 is 0 Å². The van der Waals surface area contributed by atoms with Crippen molar-refractivity contribution in [1.82, 2.24) is 9.97 Å². The topological polar surface area (TPSA) is 25.8 Å². The van der Waals surface area contributed by atoms with Crippen LogP contribution in [0.25, 0.3) is 65.6 Å². The maximum Gasteiger partial charge on any atom is 0.0465 e. The third-order valence-electron chi connectivity index (χ3n) is 6.49. The number of benzene rings is 5. The Morgan fingerprint density at radius 1 is 0.543 bits per heavy atom. The average molecular weight is 519 g/mol. The van der Waals surface area contributed by atoms with Gasteiger partial charge in [-0.1, -0.05) is 48.7 Å². The zero-order chi connectivity index (χ0) is 22.5. The molecule has 0 spiro atoms. The van der Waals surface area contributed by atoms with Gasteiger partial charge in [-0.2, -0.15) is 18.2 Å². The summed E-state index contributed by atoms with van der Waals surface area (Å²) in [5.74, 6) is 0. The average Bonchev–Trinajstić information content (AvgIpc) is 2.90. The third kappa shape index (κ3) is 3.93. The van der Waals surface area contributed by atoms with Gasteiger partial charge in [-0.15, -0.1) is 22.9 Å². The van der Waals surface area contributed by atoms with Crippen LogP contribution in [-0.2, 0) is 32.7 Å². The summed E-state index contributed by atoms with van der Waals surface area (Å²) in [6.45, 7) is 0. The van der Waals surface area contributed by atoms with Gasteiger partial charge >= 0.3 is 0 Å². The van der Waals surface area contributed by atoms with Gasteiger partial charge in [-0.05, 0) is 68.7 Å². The first-order valence-corrected chi connectivity index (χ1v) is 11.3. The standard InChI is InChI=1S/C32H18N2.Y/c1-2-7-22-15-26-18-28-19-30-23(16-27(28)17-25(26)14-21(22)6-1)8-5-9-29(30)24-11-12-32(34-20-24)31-10-3-4-13-33-31;/h1-8,10-19H;/q-2;. The summed E-state index contributed by atoms with van der Waals surface area (Å²) in [4.78, 5) is 8.95. The van der Waals surface area contributed by atoms with Crippen LogP contribution in [0.4, 0.5) is 0 Å². The van der Waals surface area contributed by atoms with Crippen molar-refractivity contribution in [3.8, 4) is 22.5 Å². The predicted octanol–water partition coefficient (Wildman–Crippen LogP) is 8.02.